The molecule has 26 heavy (non-hydrogen) atoms. The summed E-state index contributed by atoms with van der Waals surface area (Å²) in [6, 6.07) is 7.92. The van der Waals surface area contributed by atoms with Crippen LogP contribution in [-0.4, -0.2) is 47.6 Å². The number of benzene rings is 1. The lowest BCUT2D eigenvalue weighted by Crippen LogP contribution is -2.29. The van der Waals surface area contributed by atoms with Crippen LogP contribution < -0.4 is 5.56 Å². The van der Waals surface area contributed by atoms with E-state index in [1.165, 1.54) is 21.6 Å². The first-order chi connectivity index (χ1) is 12.6. The maximum Gasteiger partial charge on any atom is 0.262 e. The van der Waals surface area contributed by atoms with E-state index in [0.717, 1.165) is 5.56 Å². The molecule has 2 N–H and O–H groups in total. The average Bonchev–Trinajstić information content (AvgIpc) is 3.12. The second-order valence-electron chi connectivity index (χ2n) is 5.75. The minimum Gasteiger partial charge on any atom is -0.394 e. The summed E-state index contributed by atoms with van der Waals surface area (Å²) in [5, 5.41) is 24.0. The number of aliphatic hydroxyl groups is 2. The molecular weight excluding hydrogens is 358 g/mol. The fourth-order valence-electron chi connectivity index (χ4n) is 2.93. The molecule has 0 aliphatic heterocycles. The van der Waals surface area contributed by atoms with E-state index in [0.29, 0.717) is 27.4 Å². The van der Waals surface area contributed by atoms with Gasteiger partial charge in [0.25, 0.3) is 11.3 Å². The van der Waals surface area contributed by atoms with E-state index in [9.17, 15) is 15.0 Å². The SMILES string of the molecule is O=c1c2c(-c3ccc(Cl)cc3)n3ncnc3nc2ccn1C(CO)CO. The third kappa shape index (κ3) is 2.55. The number of nitrogens with zero attached hydrogens (tertiary/aromatic N) is 5. The van der Waals surface area contributed by atoms with Crippen LogP contribution in [0.5, 0.6) is 0 Å². The van der Waals surface area contributed by atoms with Crippen molar-refractivity contribution in [1.82, 2.24) is 24.1 Å². The Hall–Kier alpha value is -2.81. The van der Waals surface area contributed by atoms with Crippen molar-refractivity contribution in [2.45, 2.75) is 6.04 Å². The van der Waals surface area contributed by atoms with Gasteiger partial charge in [0.15, 0.2) is 0 Å². The lowest BCUT2D eigenvalue weighted by molar-refractivity contribution is 0.152. The van der Waals surface area contributed by atoms with Crippen LogP contribution in [0.25, 0.3) is 27.9 Å². The molecule has 9 heteroatoms. The molecule has 0 radical (unpaired) electrons. The molecule has 132 valence electrons. The first-order valence-corrected chi connectivity index (χ1v) is 8.24. The second-order valence-corrected chi connectivity index (χ2v) is 6.18. The van der Waals surface area contributed by atoms with Gasteiger partial charge in [-0.15, -0.1) is 0 Å². The summed E-state index contributed by atoms with van der Waals surface area (Å²) in [5.41, 5.74) is 1.31. The minimum absolute atomic E-state index is 0.319. The van der Waals surface area contributed by atoms with Crippen LogP contribution in [0.2, 0.25) is 5.02 Å². The summed E-state index contributed by atoms with van der Waals surface area (Å²) >= 11 is 5.98. The third-order valence-electron chi connectivity index (χ3n) is 4.23. The van der Waals surface area contributed by atoms with Gasteiger partial charge >= 0.3 is 0 Å². The number of hydrogen-bond donors (Lipinski definition) is 2. The van der Waals surface area contributed by atoms with Crippen LogP contribution in [0.4, 0.5) is 0 Å². The average molecular weight is 372 g/mol. The maximum absolute atomic E-state index is 13.1. The zero-order valence-electron chi connectivity index (χ0n) is 13.4. The van der Waals surface area contributed by atoms with E-state index in [2.05, 4.69) is 15.1 Å². The summed E-state index contributed by atoms with van der Waals surface area (Å²) in [6.45, 7) is -0.728. The normalized spacial score (nSPS) is 11.7. The van der Waals surface area contributed by atoms with Gasteiger partial charge in [-0.05, 0) is 18.2 Å². The van der Waals surface area contributed by atoms with Crippen molar-refractivity contribution in [3.05, 3.63) is 58.2 Å². The summed E-state index contributed by atoms with van der Waals surface area (Å²) in [4.78, 5) is 21.6. The number of fused-ring (bicyclic) bond motifs is 2. The second kappa shape index (κ2) is 6.49. The molecule has 0 saturated carbocycles. The fourth-order valence-corrected chi connectivity index (χ4v) is 3.06. The molecule has 1 aromatic carbocycles. The molecule has 3 heterocycles. The Balaban J connectivity index is 2.14. The first kappa shape index (κ1) is 16.6. The van der Waals surface area contributed by atoms with E-state index < -0.39 is 6.04 Å². The van der Waals surface area contributed by atoms with Gasteiger partial charge in [0.1, 0.15) is 6.33 Å². The number of hydrogen-bond acceptors (Lipinski definition) is 6. The highest BCUT2D eigenvalue weighted by molar-refractivity contribution is 6.30. The van der Waals surface area contributed by atoms with Gasteiger partial charge in [0, 0.05) is 16.8 Å². The Bertz CT molecular complexity index is 1150. The summed E-state index contributed by atoms with van der Waals surface area (Å²) < 4.78 is 2.79. The lowest BCUT2D eigenvalue weighted by atomic mass is 10.1. The summed E-state index contributed by atoms with van der Waals surface area (Å²) in [5.74, 6) is 0.362. The molecule has 0 fully saturated rings. The van der Waals surface area contributed by atoms with Crippen molar-refractivity contribution in [3.8, 4) is 11.3 Å². The number of rotatable bonds is 4. The van der Waals surface area contributed by atoms with Gasteiger partial charge < -0.3 is 14.8 Å². The molecule has 8 nitrogen and oxygen atoms in total. The van der Waals surface area contributed by atoms with Crippen LogP contribution >= 0.6 is 11.6 Å². The van der Waals surface area contributed by atoms with Crippen molar-refractivity contribution >= 4 is 28.3 Å². The molecule has 0 atom stereocenters. The van der Waals surface area contributed by atoms with Crippen molar-refractivity contribution in [2.75, 3.05) is 13.2 Å². The molecule has 0 aliphatic rings. The predicted octanol–water partition coefficient (Wildman–Crippen LogP) is 1.29. The maximum atomic E-state index is 13.1. The van der Waals surface area contributed by atoms with Gasteiger partial charge in [0.05, 0.1) is 35.9 Å². The van der Waals surface area contributed by atoms with Crippen LogP contribution in [0.3, 0.4) is 0 Å². The van der Waals surface area contributed by atoms with Crippen LogP contribution in [0, 0.1) is 0 Å². The molecule has 0 aliphatic carbocycles. The molecule has 0 saturated heterocycles. The van der Waals surface area contributed by atoms with Gasteiger partial charge in [-0.1, -0.05) is 23.7 Å². The molecule has 0 spiro atoms. The predicted molar refractivity (Wildman–Crippen MR) is 96.2 cm³/mol. The Kier molecular flexibility index (Phi) is 4.15. The van der Waals surface area contributed by atoms with Crippen molar-refractivity contribution < 1.29 is 10.2 Å². The Morgan fingerprint density at radius 3 is 2.54 bits per heavy atom. The molecule has 4 rings (SSSR count). The van der Waals surface area contributed by atoms with Crippen molar-refractivity contribution in [1.29, 1.82) is 0 Å². The number of aromatic nitrogens is 5. The largest absolute Gasteiger partial charge is 0.394 e. The molecule has 0 bridgehead atoms. The number of halogens is 1. The molecule has 3 aromatic heterocycles. The van der Waals surface area contributed by atoms with E-state index in [-0.39, 0.29) is 18.8 Å². The highest BCUT2D eigenvalue weighted by Gasteiger charge is 2.19. The van der Waals surface area contributed by atoms with Gasteiger partial charge in [0.2, 0.25) is 0 Å². The highest BCUT2D eigenvalue weighted by Crippen LogP contribution is 2.27. The Morgan fingerprint density at radius 1 is 1.12 bits per heavy atom. The summed E-state index contributed by atoms with van der Waals surface area (Å²) in [7, 11) is 0. The third-order valence-corrected chi connectivity index (χ3v) is 4.48. The highest BCUT2D eigenvalue weighted by atomic mass is 35.5. The number of pyridine rings is 1. The Labute approximate surface area is 151 Å². The smallest absolute Gasteiger partial charge is 0.262 e. The zero-order chi connectivity index (χ0) is 18.3. The standard InChI is InChI=1S/C17H14ClN5O3/c18-11-3-1-10(2-4-11)15-14-13(21-17-19-9-20-23(15)17)5-6-22(16(14)26)12(7-24)8-25/h1-6,9,12,24-25H,7-8H2. The zero-order valence-corrected chi connectivity index (χ0v) is 14.2. The minimum atomic E-state index is -0.739. The topological polar surface area (TPSA) is 106 Å². The molecular formula is C17H14ClN5O3. The monoisotopic (exact) mass is 371 g/mol. The van der Waals surface area contributed by atoms with Crippen LogP contribution in [-0.2, 0) is 0 Å². The van der Waals surface area contributed by atoms with E-state index in [1.54, 1.807) is 30.3 Å². The van der Waals surface area contributed by atoms with Crippen LogP contribution in [0.15, 0.2) is 47.7 Å². The van der Waals surface area contributed by atoms with Crippen molar-refractivity contribution in [3.63, 3.8) is 0 Å². The summed E-state index contributed by atoms with van der Waals surface area (Å²) in [6.07, 6.45) is 2.87. The fraction of sp³-hybridized carbons (Fsp3) is 0.176. The van der Waals surface area contributed by atoms with Gasteiger partial charge in [-0.3, -0.25) is 4.79 Å². The van der Waals surface area contributed by atoms with E-state index in [1.807, 2.05) is 0 Å². The lowest BCUT2D eigenvalue weighted by Gasteiger charge is -2.16. The van der Waals surface area contributed by atoms with Crippen LogP contribution in [0.1, 0.15) is 6.04 Å². The first-order valence-electron chi connectivity index (χ1n) is 7.86. The Morgan fingerprint density at radius 2 is 1.85 bits per heavy atom. The van der Waals surface area contributed by atoms with Crippen molar-refractivity contribution in [2.24, 2.45) is 0 Å². The molecule has 4 aromatic rings. The van der Waals surface area contributed by atoms with E-state index >= 15 is 0 Å². The van der Waals surface area contributed by atoms with E-state index in [4.69, 9.17) is 11.6 Å². The number of aliphatic hydroxyl groups excluding tert-OH is 2. The van der Waals surface area contributed by atoms with Gasteiger partial charge in [-0.25, -0.2) is 4.98 Å². The van der Waals surface area contributed by atoms with Gasteiger partial charge in [-0.2, -0.15) is 14.6 Å². The molecule has 0 amide bonds. The quantitative estimate of drug-likeness (QED) is 0.560. The molecule has 0 unspecified atom stereocenters.